The van der Waals surface area contributed by atoms with Gasteiger partial charge < -0.3 is 0 Å². The number of nitrogens with zero attached hydrogens (tertiary/aromatic N) is 2. The molecule has 4 nitrogen and oxygen atoms in total. The summed E-state index contributed by atoms with van der Waals surface area (Å²) in [5, 5.41) is 0. The van der Waals surface area contributed by atoms with Gasteiger partial charge in [-0.25, -0.2) is 0 Å². The summed E-state index contributed by atoms with van der Waals surface area (Å²) in [4.78, 5) is 29.5. The Bertz CT molecular complexity index is 553. The Labute approximate surface area is 163 Å². The number of amides is 2. The van der Waals surface area contributed by atoms with Crippen LogP contribution in [0.3, 0.4) is 0 Å². The fourth-order valence-corrected chi connectivity index (χ4v) is 19.7. The van der Waals surface area contributed by atoms with Crippen molar-refractivity contribution in [1.29, 1.82) is 0 Å². The van der Waals surface area contributed by atoms with E-state index in [0.717, 1.165) is 0 Å². The van der Waals surface area contributed by atoms with Crippen LogP contribution in [-0.2, 0) is 9.59 Å². The van der Waals surface area contributed by atoms with Crippen molar-refractivity contribution >= 4 is 39.6 Å². The predicted octanol–water partition coefficient (Wildman–Crippen LogP) is 5.04. The molecule has 0 bridgehead atoms. The van der Waals surface area contributed by atoms with E-state index in [2.05, 4.69) is 37.9 Å². The number of hydrogen-bond acceptors (Lipinski definition) is 3. The van der Waals surface area contributed by atoms with Crippen LogP contribution < -0.4 is 8.48 Å². The third-order valence-electron chi connectivity index (χ3n) is 5.24. The van der Waals surface area contributed by atoms with Gasteiger partial charge in [-0.05, 0) is 0 Å². The molecule has 5 heteroatoms. The van der Waals surface area contributed by atoms with Gasteiger partial charge in [-0.15, -0.1) is 0 Å². The van der Waals surface area contributed by atoms with E-state index in [1.165, 1.54) is 74.2 Å². The Morgan fingerprint density at radius 1 is 0.923 bits per heavy atom. The van der Waals surface area contributed by atoms with E-state index in [0.29, 0.717) is 5.82 Å². The quantitative estimate of drug-likeness (QED) is 0.429. The van der Waals surface area contributed by atoms with Crippen LogP contribution in [0.25, 0.3) is 0 Å². The van der Waals surface area contributed by atoms with Crippen molar-refractivity contribution in [2.45, 2.75) is 86.5 Å². The van der Waals surface area contributed by atoms with E-state index >= 15 is 0 Å². The normalized spacial score (nSPS) is 11.4. The van der Waals surface area contributed by atoms with Crippen molar-refractivity contribution in [3.8, 4) is 0 Å². The van der Waals surface area contributed by atoms with E-state index in [4.69, 9.17) is 0 Å². The van der Waals surface area contributed by atoms with Crippen LogP contribution in [0.5, 0.6) is 0 Å². The molecule has 0 aliphatic carbocycles. The van der Waals surface area contributed by atoms with Gasteiger partial charge in [0.1, 0.15) is 0 Å². The van der Waals surface area contributed by atoms with Crippen molar-refractivity contribution < 1.29 is 9.59 Å². The van der Waals surface area contributed by atoms with E-state index in [-0.39, 0.29) is 11.8 Å². The molecule has 146 valence electrons. The van der Waals surface area contributed by atoms with Gasteiger partial charge in [0.2, 0.25) is 0 Å². The van der Waals surface area contributed by atoms with Crippen LogP contribution in [0, 0.1) is 0 Å². The van der Waals surface area contributed by atoms with Gasteiger partial charge in [-0.1, -0.05) is 0 Å². The first kappa shape index (κ1) is 23.1. The molecule has 1 rings (SSSR count). The molecular formula is C21H36N2O2Sn. The molecule has 1 heterocycles. The summed E-state index contributed by atoms with van der Waals surface area (Å²) < 4.78 is 5.50. The summed E-state index contributed by atoms with van der Waals surface area (Å²) >= 11 is -2.58. The summed E-state index contributed by atoms with van der Waals surface area (Å²) in [7, 11) is 0. The molecule has 0 N–H and O–H groups in total. The summed E-state index contributed by atoms with van der Waals surface area (Å²) in [6, 6.07) is 4.25. The standard InChI is InChI=1S/C9H9N2O2.3C4H9.Sn/c1-7(12)11(8(2)13)9-5-3-4-6-10-9;3*1-3-4-2;/h4-6H,1-2H3;3*1,3-4H2,2H3;. The van der Waals surface area contributed by atoms with Gasteiger partial charge in [-0.2, -0.15) is 0 Å². The van der Waals surface area contributed by atoms with Crippen molar-refractivity contribution in [1.82, 2.24) is 4.98 Å². The SMILES string of the molecule is CCC[CH2][Sn]([CH2]CCC)([CH2]CCC)[c]1ccnc(N(C(C)=O)C(C)=O)c1. The second-order valence-electron chi connectivity index (χ2n) is 7.37. The van der Waals surface area contributed by atoms with Crippen molar-refractivity contribution in [3.05, 3.63) is 18.3 Å². The Balaban J connectivity index is 3.36. The average molecular weight is 467 g/mol. The van der Waals surface area contributed by atoms with E-state index in [1.807, 2.05) is 0 Å². The number of aromatic nitrogens is 1. The molecule has 26 heavy (non-hydrogen) atoms. The zero-order valence-corrected chi connectivity index (χ0v) is 20.2. The van der Waals surface area contributed by atoms with Gasteiger partial charge in [0, 0.05) is 0 Å². The van der Waals surface area contributed by atoms with Gasteiger partial charge in [0.25, 0.3) is 0 Å². The molecule has 0 saturated carbocycles. The molecule has 0 saturated heterocycles. The number of carbonyl (C=O) groups excluding carboxylic acids is 2. The summed E-state index contributed by atoms with van der Waals surface area (Å²) in [5.74, 6) is -0.0229. The topological polar surface area (TPSA) is 50.3 Å². The summed E-state index contributed by atoms with van der Waals surface area (Å²) in [6.07, 6.45) is 9.32. The molecule has 0 aliphatic rings. The fraction of sp³-hybridized carbons (Fsp3) is 0.667. The number of rotatable bonds is 11. The van der Waals surface area contributed by atoms with E-state index in [1.54, 1.807) is 6.20 Å². The summed E-state index contributed by atoms with van der Waals surface area (Å²) in [6.45, 7) is 9.65. The van der Waals surface area contributed by atoms with Crippen LogP contribution >= 0.6 is 0 Å². The van der Waals surface area contributed by atoms with Crippen LogP contribution in [-0.4, -0.2) is 35.2 Å². The molecule has 0 unspecified atom stereocenters. The molecule has 2 amide bonds. The fourth-order valence-electron chi connectivity index (χ4n) is 3.77. The molecule has 1 aromatic heterocycles. The average Bonchev–Trinajstić information content (AvgIpc) is 2.61. The molecule has 0 fully saturated rings. The molecule has 1 aromatic rings. The molecular weight excluding hydrogens is 431 g/mol. The third kappa shape index (κ3) is 6.36. The molecule has 0 radical (unpaired) electrons. The maximum atomic E-state index is 11.9. The van der Waals surface area contributed by atoms with E-state index in [9.17, 15) is 9.59 Å². The number of unbranched alkanes of at least 4 members (excludes halogenated alkanes) is 3. The van der Waals surface area contributed by atoms with Gasteiger partial charge >= 0.3 is 164 Å². The second-order valence-corrected chi connectivity index (χ2v) is 20.6. The minimum atomic E-state index is -2.58. The van der Waals surface area contributed by atoms with Crippen LogP contribution in [0.2, 0.25) is 13.3 Å². The number of hydrogen-bond donors (Lipinski definition) is 0. The van der Waals surface area contributed by atoms with Gasteiger partial charge in [-0.3, -0.25) is 0 Å². The Hall–Kier alpha value is -0.911. The van der Waals surface area contributed by atoms with Crippen molar-refractivity contribution in [3.63, 3.8) is 0 Å². The van der Waals surface area contributed by atoms with Crippen LogP contribution in [0.4, 0.5) is 5.82 Å². The minimum absolute atomic E-state index is 0.265. The first-order valence-electron chi connectivity index (χ1n) is 10.2. The first-order valence-corrected chi connectivity index (χ1v) is 17.7. The predicted molar refractivity (Wildman–Crippen MR) is 113 cm³/mol. The third-order valence-corrected chi connectivity index (χ3v) is 20.8. The summed E-state index contributed by atoms with van der Waals surface area (Å²) in [5.41, 5.74) is 0. The zero-order chi connectivity index (χ0) is 19.6. The number of imide groups is 1. The number of anilines is 1. The molecule has 0 aliphatic heterocycles. The Morgan fingerprint density at radius 3 is 1.77 bits per heavy atom. The van der Waals surface area contributed by atoms with Crippen LogP contribution in [0.15, 0.2) is 18.3 Å². The van der Waals surface area contributed by atoms with Crippen molar-refractivity contribution in [2.24, 2.45) is 0 Å². The maximum absolute atomic E-state index is 11.9. The van der Waals surface area contributed by atoms with Crippen LogP contribution in [0.1, 0.15) is 73.1 Å². The number of carbonyl (C=O) groups is 2. The Morgan fingerprint density at radius 2 is 1.38 bits per heavy atom. The monoisotopic (exact) mass is 468 g/mol. The van der Waals surface area contributed by atoms with Gasteiger partial charge in [0.15, 0.2) is 0 Å². The zero-order valence-electron chi connectivity index (χ0n) is 17.3. The van der Waals surface area contributed by atoms with Crippen molar-refractivity contribution in [2.75, 3.05) is 4.90 Å². The van der Waals surface area contributed by atoms with E-state index < -0.39 is 18.4 Å². The second kappa shape index (κ2) is 11.7. The molecule has 0 aromatic carbocycles. The molecule has 0 atom stereocenters. The number of pyridine rings is 1. The molecule has 0 spiro atoms. The van der Waals surface area contributed by atoms with Gasteiger partial charge in [0.05, 0.1) is 0 Å². The Kier molecular flexibility index (Phi) is 10.4. The first-order chi connectivity index (χ1) is 12.4.